The maximum atomic E-state index is 13.2. The Labute approximate surface area is 200 Å². The highest BCUT2D eigenvalue weighted by Gasteiger charge is 2.33. The summed E-state index contributed by atoms with van der Waals surface area (Å²) in [7, 11) is 1.55. The van der Waals surface area contributed by atoms with Gasteiger partial charge in [-0.1, -0.05) is 31.9 Å². The predicted molar refractivity (Wildman–Crippen MR) is 126 cm³/mol. The fourth-order valence-corrected chi connectivity index (χ4v) is 3.91. The lowest BCUT2D eigenvalue weighted by molar-refractivity contribution is -0.152. The van der Waals surface area contributed by atoms with Crippen LogP contribution in [0.2, 0.25) is 5.02 Å². The summed E-state index contributed by atoms with van der Waals surface area (Å²) in [5.41, 5.74) is 0.401. The molecule has 0 radical (unpaired) electrons. The van der Waals surface area contributed by atoms with Crippen LogP contribution in [0.5, 0.6) is 0 Å². The number of benzene rings is 1. The van der Waals surface area contributed by atoms with Crippen molar-refractivity contribution in [2.45, 2.75) is 46.1 Å². The molecule has 1 aliphatic rings. The number of hydrogen-bond donors (Lipinski definition) is 1. The van der Waals surface area contributed by atoms with E-state index in [4.69, 9.17) is 16.3 Å². The van der Waals surface area contributed by atoms with Crippen LogP contribution in [0.1, 0.15) is 50.4 Å². The summed E-state index contributed by atoms with van der Waals surface area (Å²) in [5, 5.41) is 3.33. The molecule has 3 atom stereocenters. The Bertz CT molecular complexity index is 845. The van der Waals surface area contributed by atoms with Crippen LogP contribution in [0.4, 0.5) is 0 Å². The minimum Gasteiger partial charge on any atom is -0.466 e. The van der Waals surface area contributed by atoms with Gasteiger partial charge in [0.1, 0.15) is 6.04 Å². The highest BCUT2D eigenvalue weighted by atomic mass is 35.5. The van der Waals surface area contributed by atoms with Crippen molar-refractivity contribution in [3.05, 3.63) is 34.9 Å². The second-order valence-electron chi connectivity index (χ2n) is 8.47. The number of halogens is 1. The van der Waals surface area contributed by atoms with Crippen molar-refractivity contribution < 1.29 is 23.9 Å². The number of carbonyl (C=O) groups is 4. The van der Waals surface area contributed by atoms with Crippen LogP contribution < -0.4 is 5.32 Å². The molecule has 1 aromatic carbocycles. The average molecular weight is 480 g/mol. The summed E-state index contributed by atoms with van der Waals surface area (Å²) < 4.78 is 5.09. The molecule has 0 saturated carbocycles. The lowest BCUT2D eigenvalue weighted by Gasteiger charge is -2.33. The molecule has 0 bridgehead atoms. The summed E-state index contributed by atoms with van der Waals surface area (Å²) in [6.07, 6.45) is 2.07. The van der Waals surface area contributed by atoms with Gasteiger partial charge in [0.15, 0.2) is 0 Å². The number of likely N-dealkylation sites (N-methyl/N-ethyl adjacent to an activating group) is 1. The number of carbonyl (C=O) groups excluding carboxylic acids is 4. The number of piperidine rings is 1. The molecule has 1 heterocycles. The fourth-order valence-electron chi connectivity index (χ4n) is 3.78. The first-order chi connectivity index (χ1) is 15.7. The molecule has 1 aliphatic heterocycles. The van der Waals surface area contributed by atoms with E-state index in [1.165, 1.54) is 4.90 Å². The topological polar surface area (TPSA) is 96.0 Å². The lowest BCUT2D eigenvalue weighted by Crippen LogP contribution is -2.53. The maximum absolute atomic E-state index is 13.2. The first-order valence-electron chi connectivity index (χ1n) is 11.4. The van der Waals surface area contributed by atoms with Crippen LogP contribution in [-0.2, 0) is 19.1 Å². The zero-order valence-corrected chi connectivity index (χ0v) is 20.6. The first kappa shape index (κ1) is 26.6. The van der Waals surface area contributed by atoms with Gasteiger partial charge < -0.3 is 19.9 Å². The number of rotatable bonds is 9. The van der Waals surface area contributed by atoms with Crippen molar-refractivity contribution in [3.63, 3.8) is 0 Å². The van der Waals surface area contributed by atoms with Crippen LogP contribution in [-0.4, -0.2) is 72.8 Å². The summed E-state index contributed by atoms with van der Waals surface area (Å²) >= 11 is 5.89. The third kappa shape index (κ3) is 7.45. The molecular formula is C24H34ClN3O5. The molecule has 33 heavy (non-hydrogen) atoms. The SMILES string of the molecule is CCOC(=O)C1CCCN(C(=O)CN(C)C(=O)C(NC(=O)c2ccc(Cl)cc2)C(C)CC)C1. The van der Waals surface area contributed by atoms with Gasteiger partial charge in [-0.3, -0.25) is 19.2 Å². The number of nitrogens with zero attached hydrogens (tertiary/aromatic N) is 2. The molecule has 1 saturated heterocycles. The van der Waals surface area contributed by atoms with Crippen molar-refractivity contribution in [2.75, 3.05) is 33.3 Å². The molecule has 1 aromatic rings. The number of amides is 3. The Morgan fingerprint density at radius 3 is 2.48 bits per heavy atom. The molecular weight excluding hydrogens is 446 g/mol. The minimum absolute atomic E-state index is 0.127. The van der Waals surface area contributed by atoms with Gasteiger partial charge in [-0.25, -0.2) is 0 Å². The third-order valence-corrected chi connectivity index (χ3v) is 6.27. The van der Waals surface area contributed by atoms with E-state index in [0.29, 0.717) is 49.5 Å². The van der Waals surface area contributed by atoms with Crippen LogP contribution in [0.15, 0.2) is 24.3 Å². The molecule has 1 N–H and O–H groups in total. The molecule has 9 heteroatoms. The van der Waals surface area contributed by atoms with E-state index in [2.05, 4.69) is 5.32 Å². The van der Waals surface area contributed by atoms with Crippen LogP contribution in [0.25, 0.3) is 0 Å². The standard InChI is InChI=1S/C24H34ClN3O5/c1-5-16(3)21(26-22(30)17-9-11-19(25)12-10-17)23(31)27(4)15-20(29)28-13-7-8-18(14-28)24(32)33-6-2/h9-12,16,18,21H,5-8,13-15H2,1-4H3,(H,26,30). The Morgan fingerprint density at radius 2 is 1.88 bits per heavy atom. The monoisotopic (exact) mass is 479 g/mol. The molecule has 0 aromatic heterocycles. The van der Waals surface area contributed by atoms with E-state index in [0.717, 1.165) is 0 Å². The van der Waals surface area contributed by atoms with Gasteiger partial charge in [-0.15, -0.1) is 0 Å². The van der Waals surface area contributed by atoms with E-state index < -0.39 is 6.04 Å². The largest absolute Gasteiger partial charge is 0.466 e. The summed E-state index contributed by atoms with van der Waals surface area (Å²) in [6, 6.07) is 5.65. The van der Waals surface area contributed by atoms with E-state index in [-0.39, 0.29) is 42.1 Å². The van der Waals surface area contributed by atoms with Crippen LogP contribution >= 0.6 is 11.6 Å². The molecule has 3 amide bonds. The molecule has 0 aliphatic carbocycles. The normalized spacial score (nSPS) is 17.6. The Hall–Kier alpha value is -2.61. The van der Waals surface area contributed by atoms with Gasteiger partial charge >= 0.3 is 5.97 Å². The van der Waals surface area contributed by atoms with Gasteiger partial charge in [0.2, 0.25) is 11.8 Å². The minimum atomic E-state index is -0.774. The maximum Gasteiger partial charge on any atom is 0.310 e. The van der Waals surface area contributed by atoms with Gasteiger partial charge in [-0.2, -0.15) is 0 Å². The average Bonchev–Trinajstić information content (AvgIpc) is 2.82. The zero-order chi connectivity index (χ0) is 24.5. The molecule has 1 fully saturated rings. The van der Waals surface area contributed by atoms with E-state index >= 15 is 0 Å². The quantitative estimate of drug-likeness (QED) is 0.549. The number of ether oxygens (including phenoxy) is 1. The summed E-state index contributed by atoms with van der Waals surface area (Å²) in [6.45, 7) is 6.59. The van der Waals surface area contributed by atoms with Crippen molar-refractivity contribution in [1.29, 1.82) is 0 Å². The van der Waals surface area contributed by atoms with Gasteiger partial charge in [-0.05, 0) is 49.9 Å². The van der Waals surface area contributed by atoms with E-state index in [1.807, 2.05) is 13.8 Å². The molecule has 0 spiro atoms. The van der Waals surface area contributed by atoms with Crippen molar-refractivity contribution >= 4 is 35.3 Å². The Balaban J connectivity index is 2.02. The molecule has 2 rings (SSSR count). The molecule has 3 unspecified atom stereocenters. The van der Waals surface area contributed by atoms with Crippen molar-refractivity contribution in [1.82, 2.24) is 15.1 Å². The number of hydrogen-bond acceptors (Lipinski definition) is 5. The van der Waals surface area contributed by atoms with Crippen molar-refractivity contribution in [2.24, 2.45) is 11.8 Å². The lowest BCUT2D eigenvalue weighted by atomic mass is 9.97. The highest BCUT2D eigenvalue weighted by molar-refractivity contribution is 6.30. The first-order valence-corrected chi connectivity index (χ1v) is 11.8. The van der Waals surface area contributed by atoms with Gasteiger partial charge in [0, 0.05) is 30.7 Å². The second kappa shape index (κ2) is 12.6. The van der Waals surface area contributed by atoms with Crippen LogP contribution in [0.3, 0.4) is 0 Å². The summed E-state index contributed by atoms with van der Waals surface area (Å²) in [4.78, 5) is 53.7. The predicted octanol–water partition coefficient (Wildman–Crippen LogP) is 2.74. The third-order valence-electron chi connectivity index (χ3n) is 6.01. The second-order valence-corrected chi connectivity index (χ2v) is 8.91. The van der Waals surface area contributed by atoms with Gasteiger partial charge in [0.25, 0.3) is 5.91 Å². The highest BCUT2D eigenvalue weighted by Crippen LogP contribution is 2.19. The van der Waals surface area contributed by atoms with E-state index in [9.17, 15) is 19.2 Å². The fraction of sp³-hybridized carbons (Fsp3) is 0.583. The Morgan fingerprint density at radius 1 is 1.21 bits per heavy atom. The number of likely N-dealkylation sites (tertiary alicyclic amines) is 1. The van der Waals surface area contributed by atoms with Crippen LogP contribution in [0, 0.1) is 11.8 Å². The zero-order valence-electron chi connectivity index (χ0n) is 19.8. The number of nitrogens with one attached hydrogen (secondary N) is 1. The van der Waals surface area contributed by atoms with E-state index in [1.54, 1.807) is 43.1 Å². The summed E-state index contributed by atoms with van der Waals surface area (Å²) in [5.74, 6) is -1.70. The molecule has 182 valence electrons. The smallest absolute Gasteiger partial charge is 0.310 e. The molecule has 8 nitrogen and oxygen atoms in total. The Kier molecular flexibility index (Phi) is 10.2. The van der Waals surface area contributed by atoms with Crippen molar-refractivity contribution in [3.8, 4) is 0 Å². The van der Waals surface area contributed by atoms with Gasteiger partial charge in [0.05, 0.1) is 19.1 Å². The number of esters is 1.